The molecule has 0 radical (unpaired) electrons. The number of rotatable bonds is 8. The minimum absolute atomic E-state index is 0.0821. The van der Waals surface area contributed by atoms with Crippen LogP contribution in [-0.4, -0.2) is 28.0 Å². The van der Waals surface area contributed by atoms with E-state index in [0.29, 0.717) is 22.9 Å². The number of sulfonamides is 1. The number of carbonyl (C=O) groups is 1. The third kappa shape index (κ3) is 5.24. The molecule has 0 aromatic heterocycles. The van der Waals surface area contributed by atoms with Gasteiger partial charge in [0.2, 0.25) is 0 Å². The third-order valence-corrected chi connectivity index (χ3v) is 6.29. The van der Waals surface area contributed by atoms with Gasteiger partial charge in [-0.05, 0) is 47.9 Å². The molecule has 0 aliphatic carbocycles. The van der Waals surface area contributed by atoms with E-state index in [1.54, 1.807) is 36.4 Å². The molecule has 8 heteroatoms. The van der Waals surface area contributed by atoms with Crippen LogP contribution in [-0.2, 0) is 14.8 Å². The first-order valence-electron chi connectivity index (χ1n) is 10.1. The number of ether oxygens (including phenoxy) is 2. The molecule has 168 valence electrons. The van der Waals surface area contributed by atoms with E-state index in [1.165, 1.54) is 31.4 Å². The summed E-state index contributed by atoms with van der Waals surface area (Å²) in [4.78, 5) is 12.3. The molecule has 0 atom stereocenters. The van der Waals surface area contributed by atoms with Gasteiger partial charge in [0.05, 0.1) is 17.7 Å². The molecule has 1 amide bonds. The minimum Gasteiger partial charge on any atom is -0.493 e. The summed E-state index contributed by atoms with van der Waals surface area (Å²) in [5.74, 6) is 0.597. The van der Waals surface area contributed by atoms with Crippen molar-refractivity contribution in [1.82, 2.24) is 0 Å². The van der Waals surface area contributed by atoms with Crippen molar-refractivity contribution < 1.29 is 22.7 Å². The van der Waals surface area contributed by atoms with Gasteiger partial charge in [-0.25, -0.2) is 8.42 Å². The van der Waals surface area contributed by atoms with E-state index in [9.17, 15) is 13.2 Å². The largest absolute Gasteiger partial charge is 0.493 e. The Morgan fingerprint density at radius 2 is 1.48 bits per heavy atom. The second-order valence-corrected chi connectivity index (χ2v) is 8.83. The van der Waals surface area contributed by atoms with Gasteiger partial charge in [-0.15, -0.1) is 0 Å². The summed E-state index contributed by atoms with van der Waals surface area (Å²) in [5, 5.41) is 4.43. The molecule has 0 unspecified atom stereocenters. The lowest BCUT2D eigenvalue weighted by Crippen LogP contribution is -2.20. The first-order chi connectivity index (χ1) is 16.0. The van der Waals surface area contributed by atoms with E-state index in [-0.39, 0.29) is 17.4 Å². The first kappa shape index (κ1) is 22.2. The fourth-order valence-corrected chi connectivity index (χ4v) is 4.39. The quantitative estimate of drug-likeness (QED) is 0.397. The molecule has 2 N–H and O–H groups in total. The number of nitrogens with one attached hydrogen (secondary N) is 2. The molecule has 4 aromatic carbocycles. The average Bonchev–Trinajstić information content (AvgIpc) is 2.83. The second-order valence-electron chi connectivity index (χ2n) is 7.14. The molecule has 0 saturated carbocycles. The Hall–Kier alpha value is -4.04. The zero-order valence-electron chi connectivity index (χ0n) is 17.8. The van der Waals surface area contributed by atoms with Crippen molar-refractivity contribution >= 4 is 38.1 Å². The fourth-order valence-electron chi connectivity index (χ4n) is 3.31. The van der Waals surface area contributed by atoms with Gasteiger partial charge in [0.25, 0.3) is 15.9 Å². The predicted molar refractivity (Wildman–Crippen MR) is 128 cm³/mol. The number of carbonyl (C=O) groups excluding carboxylic acids is 1. The molecule has 0 saturated heterocycles. The van der Waals surface area contributed by atoms with Crippen LogP contribution in [0.2, 0.25) is 0 Å². The number of hydrogen-bond acceptors (Lipinski definition) is 5. The molecule has 33 heavy (non-hydrogen) atoms. The van der Waals surface area contributed by atoms with Crippen LogP contribution < -0.4 is 19.5 Å². The summed E-state index contributed by atoms with van der Waals surface area (Å²) in [6.07, 6.45) is 0. The van der Waals surface area contributed by atoms with Crippen molar-refractivity contribution in [1.29, 1.82) is 0 Å². The molecule has 0 aliphatic heterocycles. The van der Waals surface area contributed by atoms with Gasteiger partial charge in [-0.2, -0.15) is 0 Å². The van der Waals surface area contributed by atoms with E-state index in [0.717, 1.165) is 10.8 Å². The van der Waals surface area contributed by atoms with Crippen LogP contribution >= 0.6 is 0 Å². The molecule has 0 bridgehead atoms. The third-order valence-electron chi connectivity index (χ3n) is 4.91. The van der Waals surface area contributed by atoms with Crippen LogP contribution in [0.4, 0.5) is 11.4 Å². The zero-order chi connectivity index (χ0) is 23.3. The Morgan fingerprint density at radius 3 is 2.24 bits per heavy atom. The average molecular weight is 463 g/mol. The summed E-state index contributed by atoms with van der Waals surface area (Å²) < 4.78 is 39.1. The normalized spacial score (nSPS) is 11.1. The number of para-hydroxylation sites is 2. The summed E-state index contributed by atoms with van der Waals surface area (Å²) in [6.45, 7) is -0.219. The van der Waals surface area contributed by atoms with Crippen molar-refractivity contribution in [3.63, 3.8) is 0 Å². The van der Waals surface area contributed by atoms with Crippen LogP contribution in [0.5, 0.6) is 11.5 Å². The topological polar surface area (TPSA) is 93.7 Å². The molecule has 0 fully saturated rings. The standard InChI is InChI=1S/C25H22N2O5S/c1-31-23-11-4-5-12-24(23)32-17-25(28)26-19-13-15-20(16-14-19)33(29,30)27-22-10-6-8-18-7-2-3-9-21(18)22/h2-16,27H,17H2,1H3,(H,26,28). The van der Waals surface area contributed by atoms with Gasteiger partial charge >= 0.3 is 0 Å². The molecule has 7 nitrogen and oxygen atoms in total. The highest BCUT2D eigenvalue weighted by atomic mass is 32.2. The number of anilines is 2. The summed E-state index contributed by atoms with van der Waals surface area (Å²) in [7, 11) is -2.28. The van der Waals surface area contributed by atoms with Gasteiger partial charge < -0.3 is 14.8 Å². The predicted octanol–water partition coefficient (Wildman–Crippen LogP) is 4.67. The van der Waals surface area contributed by atoms with Crippen molar-refractivity contribution in [3.8, 4) is 11.5 Å². The number of methoxy groups -OCH3 is 1. The number of benzene rings is 4. The molecular weight excluding hydrogens is 440 g/mol. The van der Waals surface area contributed by atoms with E-state index in [4.69, 9.17) is 9.47 Å². The van der Waals surface area contributed by atoms with Crippen molar-refractivity contribution in [2.75, 3.05) is 23.8 Å². The summed E-state index contributed by atoms with van der Waals surface area (Å²) in [5.41, 5.74) is 0.951. The number of amides is 1. The lowest BCUT2D eigenvalue weighted by atomic mass is 10.1. The smallest absolute Gasteiger partial charge is 0.262 e. The molecule has 4 aromatic rings. The highest BCUT2D eigenvalue weighted by Gasteiger charge is 2.16. The van der Waals surface area contributed by atoms with Crippen LogP contribution in [0.1, 0.15) is 0 Å². The maximum absolute atomic E-state index is 12.9. The number of hydrogen-bond donors (Lipinski definition) is 2. The number of fused-ring (bicyclic) bond motifs is 1. The van der Waals surface area contributed by atoms with Gasteiger partial charge in [-0.1, -0.05) is 48.5 Å². The second kappa shape index (κ2) is 9.62. The summed E-state index contributed by atoms with van der Waals surface area (Å²) in [6, 6.07) is 25.9. The highest BCUT2D eigenvalue weighted by molar-refractivity contribution is 7.92. The minimum atomic E-state index is -3.81. The van der Waals surface area contributed by atoms with Crippen molar-refractivity contribution in [3.05, 3.63) is 91.0 Å². The monoisotopic (exact) mass is 462 g/mol. The van der Waals surface area contributed by atoms with E-state index < -0.39 is 10.0 Å². The molecule has 4 rings (SSSR count). The van der Waals surface area contributed by atoms with Gasteiger partial charge in [0.15, 0.2) is 18.1 Å². The van der Waals surface area contributed by atoms with Crippen molar-refractivity contribution in [2.24, 2.45) is 0 Å². The molecule has 0 heterocycles. The lowest BCUT2D eigenvalue weighted by Gasteiger charge is -2.12. The Bertz CT molecular complexity index is 1380. The van der Waals surface area contributed by atoms with Crippen molar-refractivity contribution in [2.45, 2.75) is 4.90 Å². The Kier molecular flexibility index (Phi) is 6.46. The molecule has 0 aliphatic rings. The van der Waals surface area contributed by atoms with Crippen LogP contribution in [0.3, 0.4) is 0 Å². The maximum Gasteiger partial charge on any atom is 0.262 e. The SMILES string of the molecule is COc1ccccc1OCC(=O)Nc1ccc(S(=O)(=O)Nc2cccc3ccccc23)cc1. The van der Waals surface area contributed by atoms with Gasteiger partial charge in [0, 0.05) is 11.1 Å². The van der Waals surface area contributed by atoms with Gasteiger partial charge in [0.1, 0.15) is 0 Å². The Labute approximate surface area is 192 Å². The Balaban J connectivity index is 1.41. The zero-order valence-corrected chi connectivity index (χ0v) is 18.6. The van der Waals surface area contributed by atoms with E-state index in [2.05, 4.69) is 10.0 Å². The Morgan fingerprint density at radius 1 is 0.818 bits per heavy atom. The van der Waals surface area contributed by atoms with Gasteiger partial charge in [-0.3, -0.25) is 9.52 Å². The van der Waals surface area contributed by atoms with Crippen LogP contribution in [0.15, 0.2) is 95.9 Å². The summed E-state index contributed by atoms with van der Waals surface area (Å²) >= 11 is 0. The molecular formula is C25H22N2O5S. The fraction of sp³-hybridized carbons (Fsp3) is 0.0800. The lowest BCUT2D eigenvalue weighted by molar-refractivity contribution is -0.118. The highest BCUT2D eigenvalue weighted by Crippen LogP contribution is 2.27. The molecule has 0 spiro atoms. The van der Waals surface area contributed by atoms with Crippen LogP contribution in [0, 0.1) is 0 Å². The first-order valence-corrected chi connectivity index (χ1v) is 11.6. The van der Waals surface area contributed by atoms with E-state index in [1.807, 2.05) is 30.3 Å². The van der Waals surface area contributed by atoms with Crippen LogP contribution in [0.25, 0.3) is 10.8 Å². The van der Waals surface area contributed by atoms with E-state index >= 15 is 0 Å². The maximum atomic E-state index is 12.9.